The summed E-state index contributed by atoms with van der Waals surface area (Å²) in [4.78, 5) is 21.4. The van der Waals surface area contributed by atoms with Crippen molar-refractivity contribution in [2.75, 3.05) is 31.1 Å². The van der Waals surface area contributed by atoms with Crippen LogP contribution in [0.2, 0.25) is 0 Å². The Morgan fingerprint density at radius 2 is 1.96 bits per heavy atom. The first kappa shape index (κ1) is 21.0. The minimum absolute atomic E-state index is 0.0737. The number of amides is 1. The van der Waals surface area contributed by atoms with Crippen LogP contribution in [0.3, 0.4) is 0 Å². The van der Waals surface area contributed by atoms with E-state index in [-0.39, 0.29) is 41.0 Å². The zero-order valence-electron chi connectivity index (χ0n) is 16.9. The van der Waals surface area contributed by atoms with Gasteiger partial charge in [0.2, 0.25) is 5.91 Å². The number of carbonyl (C=O) groups is 1. The third kappa shape index (κ3) is 5.11. The summed E-state index contributed by atoms with van der Waals surface area (Å²) in [5.41, 5.74) is -0.292. The van der Waals surface area contributed by atoms with Crippen molar-refractivity contribution in [2.24, 2.45) is 10.9 Å². The number of hydrogen-bond donors (Lipinski definition) is 1. The standard InChI is InChI=1S/C18H34N4O3S/c1-13(2)20-17(19-9-15-7-8-26(24,25)11-15)21-10-16(23)22(14(3)4)18(5,6)12-21/h13-15H,7-12H2,1-6H3,(H,19,20). The first-order chi connectivity index (χ1) is 11.9. The number of rotatable bonds is 4. The van der Waals surface area contributed by atoms with Gasteiger partial charge < -0.3 is 15.1 Å². The molecule has 0 bridgehead atoms. The summed E-state index contributed by atoms with van der Waals surface area (Å²) in [6.07, 6.45) is 0.673. The van der Waals surface area contributed by atoms with Crippen LogP contribution in [0, 0.1) is 5.92 Å². The Morgan fingerprint density at radius 1 is 1.31 bits per heavy atom. The summed E-state index contributed by atoms with van der Waals surface area (Å²) in [5.74, 6) is 1.35. The summed E-state index contributed by atoms with van der Waals surface area (Å²) >= 11 is 0. The summed E-state index contributed by atoms with van der Waals surface area (Å²) in [5, 5.41) is 3.35. The summed E-state index contributed by atoms with van der Waals surface area (Å²) in [6.45, 7) is 13.8. The van der Waals surface area contributed by atoms with E-state index >= 15 is 0 Å². The molecular weight excluding hydrogens is 352 g/mol. The number of sulfone groups is 1. The maximum atomic E-state index is 12.7. The highest BCUT2D eigenvalue weighted by Crippen LogP contribution is 2.25. The quantitative estimate of drug-likeness (QED) is 0.578. The van der Waals surface area contributed by atoms with Crippen molar-refractivity contribution in [3.63, 3.8) is 0 Å². The molecule has 0 aliphatic carbocycles. The van der Waals surface area contributed by atoms with Gasteiger partial charge in [-0.1, -0.05) is 0 Å². The van der Waals surface area contributed by atoms with Crippen LogP contribution in [0.25, 0.3) is 0 Å². The van der Waals surface area contributed by atoms with Crippen LogP contribution >= 0.6 is 0 Å². The normalized spacial score (nSPS) is 26.1. The third-order valence-electron chi connectivity index (χ3n) is 4.88. The van der Waals surface area contributed by atoms with Crippen LogP contribution in [-0.2, 0) is 14.6 Å². The van der Waals surface area contributed by atoms with Crippen molar-refractivity contribution in [3.8, 4) is 0 Å². The predicted octanol–water partition coefficient (Wildman–Crippen LogP) is 1.11. The Morgan fingerprint density at radius 3 is 2.42 bits per heavy atom. The van der Waals surface area contributed by atoms with Crippen molar-refractivity contribution in [2.45, 2.75) is 65.6 Å². The number of nitrogens with one attached hydrogen (secondary N) is 1. The van der Waals surface area contributed by atoms with Crippen molar-refractivity contribution in [3.05, 3.63) is 0 Å². The van der Waals surface area contributed by atoms with Crippen LogP contribution in [-0.4, -0.2) is 78.8 Å². The zero-order chi connectivity index (χ0) is 19.7. The Kier molecular flexibility index (Phi) is 6.25. The maximum Gasteiger partial charge on any atom is 0.242 e. The average Bonchev–Trinajstić information content (AvgIpc) is 2.80. The van der Waals surface area contributed by atoms with Gasteiger partial charge in [0.15, 0.2) is 15.8 Å². The summed E-state index contributed by atoms with van der Waals surface area (Å²) in [7, 11) is -2.90. The van der Waals surface area contributed by atoms with Crippen LogP contribution in [0.15, 0.2) is 4.99 Å². The monoisotopic (exact) mass is 386 g/mol. The van der Waals surface area contributed by atoms with Crippen molar-refractivity contribution >= 4 is 21.7 Å². The number of nitrogens with zero attached hydrogens (tertiary/aromatic N) is 3. The Labute approximate surface area is 158 Å². The molecule has 2 fully saturated rings. The summed E-state index contributed by atoms with van der Waals surface area (Å²) < 4.78 is 23.3. The van der Waals surface area contributed by atoms with E-state index in [4.69, 9.17) is 4.99 Å². The number of guanidine groups is 1. The number of aliphatic imine (C=N–C) groups is 1. The SMILES string of the molecule is CC(C)NC(=NCC1CCS(=O)(=O)C1)N1CC(=O)N(C(C)C)C(C)(C)C1. The largest absolute Gasteiger partial charge is 0.354 e. The van der Waals surface area contributed by atoms with Crippen LogP contribution in [0.4, 0.5) is 0 Å². The predicted molar refractivity (Wildman–Crippen MR) is 105 cm³/mol. The molecule has 2 aliphatic rings. The number of carbonyl (C=O) groups excluding carboxylic acids is 1. The molecule has 7 nitrogen and oxygen atoms in total. The van der Waals surface area contributed by atoms with Gasteiger partial charge in [0.1, 0.15) is 0 Å². The molecule has 150 valence electrons. The molecule has 1 N–H and O–H groups in total. The molecule has 0 aromatic heterocycles. The van der Waals surface area contributed by atoms with E-state index in [1.807, 2.05) is 37.5 Å². The lowest BCUT2D eigenvalue weighted by molar-refractivity contribution is -0.145. The van der Waals surface area contributed by atoms with Crippen molar-refractivity contribution < 1.29 is 13.2 Å². The van der Waals surface area contributed by atoms with Gasteiger partial charge in [-0.05, 0) is 53.9 Å². The number of hydrogen-bond acceptors (Lipinski definition) is 4. The van der Waals surface area contributed by atoms with Gasteiger partial charge in [-0.3, -0.25) is 9.79 Å². The minimum atomic E-state index is -2.90. The maximum absolute atomic E-state index is 12.7. The van der Waals surface area contributed by atoms with E-state index in [0.717, 1.165) is 0 Å². The average molecular weight is 387 g/mol. The highest BCUT2D eigenvalue weighted by atomic mass is 32.2. The van der Waals surface area contributed by atoms with Gasteiger partial charge in [0.05, 0.1) is 23.6 Å². The highest BCUT2D eigenvalue weighted by Gasteiger charge is 2.41. The lowest BCUT2D eigenvalue weighted by atomic mass is 9.96. The van der Waals surface area contributed by atoms with E-state index in [2.05, 4.69) is 19.2 Å². The van der Waals surface area contributed by atoms with Gasteiger partial charge in [0.25, 0.3) is 0 Å². The molecule has 2 aliphatic heterocycles. The molecule has 0 aromatic rings. The van der Waals surface area contributed by atoms with E-state index in [9.17, 15) is 13.2 Å². The lowest BCUT2D eigenvalue weighted by Gasteiger charge is -2.49. The van der Waals surface area contributed by atoms with Crippen LogP contribution in [0.1, 0.15) is 48.0 Å². The first-order valence-corrected chi connectivity index (χ1v) is 11.3. The summed E-state index contributed by atoms with van der Waals surface area (Å²) in [6, 6.07) is 0.337. The second-order valence-corrected chi connectivity index (χ2v) is 11.0. The Bertz CT molecular complexity index is 655. The topological polar surface area (TPSA) is 82.1 Å². The molecule has 0 spiro atoms. The van der Waals surface area contributed by atoms with Gasteiger partial charge >= 0.3 is 0 Å². The molecule has 1 amide bonds. The van der Waals surface area contributed by atoms with Crippen LogP contribution in [0.5, 0.6) is 0 Å². The van der Waals surface area contributed by atoms with Gasteiger partial charge in [-0.25, -0.2) is 8.42 Å². The molecule has 2 heterocycles. The van der Waals surface area contributed by atoms with E-state index in [1.165, 1.54) is 0 Å². The van der Waals surface area contributed by atoms with Crippen LogP contribution < -0.4 is 5.32 Å². The zero-order valence-corrected chi connectivity index (χ0v) is 17.8. The Hall–Kier alpha value is -1.31. The number of piperazine rings is 1. The van der Waals surface area contributed by atoms with Crippen molar-refractivity contribution in [1.29, 1.82) is 0 Å². The second kappa shape index (κ2) is 7.74. The molecule has 0 aromatic carbocycles. The molecule has 2 rings (SSSR count). The van der Waals surface area contributed by atoms with E-state index in [1.54, 1.807) is 0 Å². The second-order valence-electron chi connectivity index (χ2n) is 8.76. The molecule has 1 unspecified atom stereocenters. The molecule has 1 atom stereocenters. The van der Waals surface area contributed by atoms with Gasteiger partial charge in [-0.2, -0.15) is 0 Å². The van der Waals surface area contributed by atoms with Gasteiger partial charge in [-0.15, -0.1) is 0 Å². The molecule has 2 saturated heterocycles. The highest BCUT2D eigenvalue weighted by molar-refractivity contribution is 7.91. The first-order valence-electron chi connectivity index (χ1n) is 9.50. The lowest BCUT2D eigenvalue weighted by Crippen LogP contribution is -2.66. The molecule has 8 heteroatoms. The molecule has 26 heavy (non-hydrogen) atoms. The minimum Gasteiger partial charge on any atom is -0.354 e. The molecular formula is C18H34N4O3S. The molecule has 0 saturated carbocycles. The van der Waals surface area contributed by atoms with E-state index in [0.29, 0.717) is 32.0 Å². The van der Waals surface area contributed by atoms with E-state index < -0.39 is 9.84 Å². The van der Waals surface area contributed by atoms with Crippen molar-refractivity contribution in [1.82, 2.24) is 15.1 Å². The van der Waals surface area contributed by atoms with Gasteiger partial charge in [0, 0.05) is 25.2 Å². The Balaban J connectivity index is 2.16. The smallest absolute Gasteiger partial charge is 0.242 e. The third-order valence-corrected chi connectivity index (χ3v) is 6.72. The fraction of sp³-hybridized carbons (Fsp3) is 0.889. The fourth-order valence-corrected chi connectivity index (χ4v) is 5.89. The molecule has 0 radical (unpaired) electrons. The fourth-order valence-electron chi connectivity index (χ4n) is 4.04.